The van der Waals surface area contributed by atoms with Crippen molar-refractivity contribution in [2.45, 2.75) is 322 Å². The van der Waals surface area contributed by atoms with E-state index in [9.17, 15) is 14.4 Å². The van der Waals surface area contributed by atoms with Crippen LogP contribution in [0.1, 0.15) is 316 Å². The van der Waals surface area contributed by atoms with Crippen molar-refractivity contribution in [1.82, 2.24) is 0 Å². The Hall–Kier alpha value is -3.15. The second-order valence-corrected chi connectivity index (χ2v) is 20.9. The van der Waals surface area contributed by atoms with Gasteiger partial charge in [-0.25, -0.2) is 0 Å². The number of esters is 3. The van der Waals surface area contributed by atoms with E-state index in [2.05, 4.69) is 93.7 Å². The molecule has 0 radical (unpaired) electrons. The molecule has 0 spiro atoms. The molecule has 422 valence electrons. The third-order valence-electron chi connectivity index (χ3n) is 13.7. The Morgan fingerprint density at radius 2 is 0.534 bits per heavy atom. The van der Waals surface area contributed by atoms with E-state index in [-0.39, 0.29) is 31.1 Å². The minimum absolute atomic E-state index is 0.0856. The number of hydrogen-bond acceptors (Lipinski definition) is 6. The van der Waals surface area contributed by atoms with E-state index in [0.717, 1.165) is 96.3 Å². The normalized spacial score (nSPS) is 12.5. The molecule has 0 aromatic heterocycles. The van der Waals surface area contributed by atoms with E-state index < -0.39 is 6.10 Å². The summed E-state index contributed by atoms with van der Waals surface area (Å²) in [7, 11) is 0. The predicted octanol–water partition coefficient (Wildman–Crippen LogP) is 21.3. The maximum absolute atomic E-state index is 12.9. The fourth-order valence-corrected chi connectivity index (χ4v) is 9.00. The number of allylic oxidation sites excluding steroid dienone is 12. The Morgan fingerprint density at radius 3 is 0.863 bits per heavy atom. The van der Waals surface area contributed by atoms with E-state index in [1.807, 2.05) is 0 Å². The summed E-state index contributed by atoms with van der Waals surface area (Å²) in [6.45, 7) is 6.53. The zero-order valence-electron chi connectivity index (χ0n) is 48.4. The van der Waals surface area contributed by atoms with Crippen LogP contribution in [0.5, 0.6) is 0 Å². The molecule has 0 aliphatic carbocycles. The van der Waals surface area contributed by atoms with Gasteiger partial charge in [0.1, 0.15) is 13.2 Å². The smallest absolute Gasteiger partial charge is 0.306 e. The SMILES string of the molecule is CC/C=C\C/C=C\C/C=C\C/C=C\C/C=C\CCCCCC(=O)OC[C@@H](COC(=O)CCCCCCCCC/C=C\CCCCCCCC)OC(=O)CCCCCCCCCCCCCCCCCCCCC. The summed E-state index contributed by atoms with van der Waals surface area (Å²) in [5.41, 5.74) is 0. The second-order valence-electron chi connectivity index (χ2n) is 20.9. The topological polar surface area (TPSA) is 78.9 Å². The van der Waals surface area contributed by atoms with Crippen molar-refractivity contribution in [3.05, 3.63) is 72.9 Å². The van der Waals surface area contributed by atoms with Gasteiger partial charge in [0.2, 0.25) is 0 Å². The lowest BCUT2D eigenvalue weighted by Crippen LogP contribution is -2.30. The average molecular weight is 1020 g/mol. The number of rotatable bonds is 57. The van der Waals surface area contributed by atoms with Crippen LogP contribution in [0.15, 0.2) is 72.9 Å². The van der Waals surface area contributed by atoms with Gasteiger partial charge in [0.05, 0.1) is 0 Å². The van der Waals surface area contributed by atoms with Gasteiger partial charge in [-0.15, -0.1) is 0 Å². The van der Waals surface area contributed by atoms with Crippen LogP contribution in [0.3, 0.4) is 0 Å². The van der Waals surface area contributed by atoms with Crippen molar-refractivity contribution >= 4 is 17.9 Å². The molecule has 0 rings (SSSR count). The minimum atomic E-state index is -0.790. The third-order valence-corrected chi connectivity index (χ3v) is 13.7. The Morgan fingerprint density at radius 1 is 0.288 bits per heavy atom. The molecule has 1 atom stereocenters. The summed E-state index contributed by atoms with van der Waals surface area (Å²) in [4.78, 5) is 38.3. The van der Waals surface area contributed by atoms with Gasteiger partial charge < -0.3 is 14.2 Å². The highest BCUT2D eigenvalue weighted by Crippen LogP contribution is 2.17. The van der Waals surface area contributed by atoms with Crippen molar-refractivity contribution in [2.24, 2.45) is 0 Å². The first kappa shape index (κ1) is 69.8. The van der Waals surface area contributed by atoms with E-state index in [1.165, 1.54) is 180 Å². The number of carbonyl (C=O) groups is 3. The predicted molar refractivity (Wildman–Crippen MR) is 316 cm³/mol. The standard InChI is InChI=1S/C67H118O6/c1-4-7-10-13-16-19-22-25-28-31-33-36-39-42-45-48-51-54-57-60-66(69)72-63-64(62-71-65(68)59-56-53-50-47-44-41-38-35-30-27-24-21-18-15-12-9-6-3)73-67(70)61-58-55-52-49-46-43-40-37-34-32-29-26-23-20-17-14-11-8-5-2/h7,10,16,19,25,27-28,30,33,36,42,45,64H,4-6,8-9,11-15,17-18,20-24,26,29,31-32,34-35,37-41,43-44,46-63H2,1-3H3/b10-7-,19-16-,28-25-,30-27-,36-33-,45-42-/t64-/m1/s1. The van der Waals surface area contributed by atoms with E-state index >= 15 is 0 Å². The van der Waals surface area contributed by atoms with Crippen LogP contribution in [-0.4, -0.2) is 37.2 Å². The van der Waals surface area contributed by atoms with Crippen molar-refractivity contribution in [1.29, 1.82) is 0 Å². The number of ether oxygens (including phenoxy) is 3. The first-order chi connectivity index (χ1) is 36.0. The molecule has 0 N–H and O–H groups in total. The van der Waals surface area contributed by atoms with Crippen LogP contribution in [0, 0.1) is 0 Å². The molecule has 6 heteroatoms. The Labute approximate surface area is 453 Å². The monoisotopic (exact) mass is 1020 g/mol. The summed E-state index contributed by atoms with van der Waals surface area (Å²) >= 11 is 0. The van der Waals surface area contributed by atoms with Crippen LogP contribution in [0.25, 0.3) is 0 Å². The zero-order valence-corrected chi connectivity index (χ0v) is 48.4. The van der Waals surface area contributed by atoms with Gasteiger partial charge in [-0.2, -0.15) is 0 Å². The molecule has 6 nitrogen and oxygen atoms in total. The maximum Gasteiger partial charge on any atom is 0.306 e. The molecule has 0 aromatic rings. The van der Waals surface area contributed by atoms with Crippen molar-refractivity contribution in [3.63, 3.8) is 0 Å². The molecule has 0 bridgehead atoms. The molecule has 0 aliphatic rings. The maximum atomic E-state index is 12.9. The van der Waals surface area contributed by atoms with E-state index in [4.69, 9.17) is 14.2 Å². The average Bonchev–Trinajstić information content (AvgIpc) is 3.39. The first-order valence-corrected chi connectivity index (χ1v) is 31.4. The van der Waals surface area contributed by atoms with Crippen LogP contribution in [0.2, 0.25) is 0 Å². The molecular formula is C67H118O6. The minimum Gasteiger partial charge on any atom is -0.462 e. The van der Waals surface area contributed by atoms with Crippen molar-refractivity contribution in [2.75, 3.05) is 13.2 Å². The number of hydrogen-bond donors (Lipinski definition) is 0. The highest BCUT2D eigenvalue weighted by Gasteiger charge is 2.19. The van der Waals surface area contributed by atoms with E-state index in [1.54, 1.807) is 0 Å². The van der Waals surface area contributed by atoms with Crippen LogP contribution < -0.4 is 0 Å². The summed E-state index contributed by atoms with van der Waals surface area (Å²) in [5, 5.41) is 0. The summed E-state index contributed by atoms with van der Waals surface area (Å²) < 4.78 is 16.9. The lowest BCUT2D eigenvalue weighted by Gasteiger charge is -2.18. The van der Waals surface area contributed by atoms with Crippen LogP contribution in [0.4, 0.5) is 0 Å². The second kappa shape index (κ2) is 61.4. The lowest BCUT2D eigenvalue weighted by molar-refractivity contribution is -0.167. The Balaban J connectivity index is 4.42. The van der Waals surface area contributed by atoms with Gasteiger partial charge in [-0.3, -0.25) is 14.4 Å². The van der Waals surface area contributed by atoms with Gasteiger partial charge in [0.15, 0.2) is 6.10 Å². The van der Waals surface area contributed by atoms with Crippen LogP contribution >= 0.6 is 0 Å². The first-order valence-electron chi connectivity index (χ1n) is 31.4. The molecule has 0 amide bonds. The zero-order chi connectivity index (χ0) is 52.9. The summed E-state index contributed by atoms with van der Waals surface area (Å²) in [6.07, 6.45) is 79.0. The fourth-order valence-electron chi connectivity index (χ4n) is 9.00. The van der Waals surface area contributed by atoms with Gasteiger partial charge >= 0.3 is 17.9 Å². The van der Waals surface area contributed by atoms with Crippen molar-refractivity contribution < 1.29 is 28.6 Å². The van der Waals surface area contributed by atoms with Gasteiger partial charge in [0.25, 0.3) is 0 Å². The molecule has 0 aromatic carbocycles. The summed E-state index contributed by atoms with van der Waals surface area (Å²) in [5.74, 6) is -0.907. The van der Waals surface area contributed by atoms with Crippen LogP contribution in [-0.2, 0) is 28.6 Å². The lowest BCUT2D eigenvalue weighted by atomic mass is 10.0. The number of carbonyl (C=O) groups excluding carboxylic acids is 3. The fraction of sp³-hybridized carbons (Fsp3) is 0.776. The highest BCUT2D eigenvalue weighted by molar-refractivity contribution is 5.71. The van der Waals surface area contributed by atoms with Gasteiger partial charge in [-0.05, 0) is 89.9 Å². The molecule has 0 saturated carbocycles. The highest BCUT2D eigenvalue weighted by atomic mass is 16.6. The molecular weight excluding hydrogens is 901 g/mol. The van der Waals surface area contributed by atoms with Crippen molar-refractivity contribution in [3.8, 4) is 0 Å². The molecule has 0 heterocycles. The molecule has 0 fully saturated rings. The third kappa shape index (κ3) is 59.6. The molecule has 0 unspecified atom stereocenters. The quantitative estimate of drug-likeness (QED) is 0.0261. The largest absolute Gasteiger partial charge is 0.462 e. The number of unbranched alkanes of at least 4 members (excludes halogenated alkanes) is 34. The van der Waals surface area contributed by atoms with Gasteiger partial charge in [-0.1, -0.05) is 280 Å². The summed E-state index contributed by atoms with van der Waals surface area (Å²) in [6, 6.07) is 0. The Kier molecular flexibility index (Phi) is 58.7. The van der Waals surface area contributed by atoms with E-state index in [0.29, 0.717) is 19.3 Å². The van der Waals surface area contributed by atoms with Gasteiger partial charge in [0, 0.05) is 19.3 Å². The molecule has 0 saturated heterocycles. The Bertz CT molecular complexity index is 1360. The molecule has 73 heavy (non-hydrogen) atoms. The molecule has 0 aliphatic heterocycles.